The summed E-state index contributed by atoms with van der Waals surface area (Å²) in [6.07, 6.45) is 3.24. The molecule has 1 aromatic heterocycles. The van der Waals surface area contributed by atoms with Crippen molar-refractivity contribution in [3.8, 4) is 0 Å². The number of aliphatic carboxylic acids is 1. The monoisotopic (exact) mass is 985 g/mol. The number of thiol groups is 2. The fourth-order valence-corrected chi connectivity index (χ4v) is 6.71. The first-order chi connectivity index (χ1) is 31.4. The number of unbranched alkanes of at least 4 members (excludes halogenated alkanes) is 1. The maximum atomic E-state index is 14.0. The van der Waals surface area contributed by atoms with Crippen molar-refractivity contribution < 1.29 is 53.1 Å². The van der Waals surface area contributed by atoms with Crippen molar-refractivity contribution in [3.63, 3.8) is 0 Å². The third-order valence-electron chi connectivity index (χ3n) is 10.1. The van der Waals surface area contributed by atoms with Gasteiger partial charge in [0.15, 0.2) is 0 Å². The van der Waals surface area contributed by atoms with E-state index < -0.39 is 132 Å². The molecule has 26 heteroatoms. The molecular weight excluding hydrogens is 915 g/mol. The van der Waals surface area contributed by atoms with Crippen LogP contribution < -0.4 is 59.7 Å². The Balaban J connectivity index is 3.29. The van der Waals surface area contributed by atoms with E-state index in [1.54, 1.807) is 27.7 Å². The van der Waals surface area contributed by atoms with Crippen LogP contribution in [0.15, 0.2) is 12.5 Å². The third-order valence-corrected chi connectivity index (χ3v) is 10.9. The van der Waals surface area contributed by atoms with Crippen LogP contribution in [-0.4, -0.2) is 147 Å². The average Bonchev–Trinajstić information content (AvgIpc) is 3.77. The van der Waals surface area contributed by atoms with Gasteiger partial charge in [0.25, 0.3) is 0 Å². The molecule has 1 heterocycles. The van der Waals surface area contributed by atoms with Gasteiger partial charge >= 0.3 is 5.97 Å². The van der Waals surface area contributed by atoms with Crippen molar-refractivity contribution in [2.45, 2.75) is 141 Å². The number of aromatic nitrogens is 2. The van der Waals surface area contributed by atoms with Crippen molar-refractivity contribution in [2.75, 3.05) is 18.1 Å². The number of hydrogen-bond acceptors (Lipinski definition) is 15. The van der Waals surface area contributed by atoms with Gasteiger partial charge in [0.1, 0.15) is 48.3 Å². The molecule has 0 saturated carbocycles. The maximum Gasteiger partial charge on any atom is 0.327 e. The van der Waals surface area contributed by atoms with Crippen LogP contribution in [0, 0.1) is 17.8 Å². The van der Waals surface area contributed by atoms with E-state index in [2.05, 4.69) is 77.8 Å². The molecule has 0 bridgehead atoms. The van der Waals surface area contributed by atoms with Crippen LogP contribution in [0.3, 0.4) is 0 Å². The quantitative estimate of drug-likeness (QED) is 0.0254. The second-order valence-electron chi connectivity index (χ2n) is 17.2. The first-order valence-electron chi connectivity index (χ1n) is 22.0. The molecule has 1 rings (SSSR count). The number of primary amides is 1. The molecule has 0 aliphatic rings. The van der Waals surface area contributed by atoms with Crippen LogP contribution in [0.2, 0.25) is 0 Å². The van der Waals surface area contributed by atoms with E-state index in [0.717, 1.165) is 0 Å². The highest BCUT2D eigenvalue weighted by Crippen LogP contribution is 2.11. The van der Waals surface area contributed by atoms with Gasteiger partial charge in [0, 0.05) is 29.8 Å². The Kier molecular flexibility index (Phi) is 26.7. The van der Waals surface area contributed by atoms with E-state index >= 15 is 0 Å². The van der Waals surface area contributed by atoms with Gasteiger partial charge in [-0.25, -0.2) is 9.78 Å². The zero-order valence-corrected chi connectivity index (χ0v) is 40.8. The Morgan fingerprint density at radius 1 is 0.627 bits per heavy atom. The number of nitrogens with zero attached hydrogens (tertiary/aromatic N) is 1. The Labute approximate surface area is 401 Å². The van der Waals surface area contributed by atoms with Crippen LogP contribution in [0.5, 0.6) is 0 Å². The third kappa shape index (κ3) is 21.4. The normalized spacial score (nSPS) is 15.3. The fraction of sp³-hybridized carbons (Fsp3) is 0.683. The first kappa shape index (κ1) is 59.5. The largest absolute Gasteiger partial charge is 0.480 e. The predicted octanol–water partition coefficient (Wildman–Crippen LogP) is -3.52. The number of carbonyl (C=O) groups is 10. The summed E-state index contributed by atoms with van der Waals surface area (Å²) in [5.41, 5.74) is 17.2. The number of imidazole rings is 1. The van der Waals surface area contributed by atoms with E-state index in [4.69, 9.17) is 17.2 Å². The van der Waals surface area contributed by atoms with Crippen LogP contribution in [0.25, 0.3) is 0 Å². The Hall–Kier alpha value is -5.47. The number of hydrogen-bond donors (Lipinski definition) is 15. The van der Waals surface area contributed by atoms with Gasteiger partial charge in [-0.05, 0) is 56.9 Å². The molecule has 0 spiro atoms. The Morgan fingerprint density at radius 3 is 1.61 bits per heavy atom. The van der Waals surface area contributed by atoms with E-state index in [9.17, 15) is 53.1 Å². The Morgan fingerprint density at radius 2 is 1.12 bits per heavy atom. The molecule has 24 nitrogen and oxygen atoms in total. The van der Waals surface area contributed by atoms with Crippen molar-refractivity contribution in [3.05, 3.63) is 18.2 Å². The number of amides is 9. The summed E-state index contributed by atoms with van der Waals surface area (Å²) in [7, 11) is 0. The molecule has 0 aromatic carbocycles. The summed E-state index contributed by atoms with van der Waals surface area (Å²) in [6.45, 7) is 11.7. The molecule has 0 fully saturated rings. The number of nitrogens with two attached hydrogens (primary N) is 3. The lowest BCUT2D eigenvalue weighted by Gasteiger charge is -2.29. The number of rotatable bonds is 31. The van der Waals surface area contributed by atoms with E-state index in [1.807, 2.05) is 13.8 Å². The molecule has 0 aliphatic carbocycles. The average molecular weight is 986 g/mol. The van der Waals surface area contributed by atoms with Crippen molar-refractivity contribution in [1.82, 2.24) is 52.5 Å². The molecule has 9 amide bonds. The van der Waals surface area contributed by atoms with Gasteiger partial charge in [-0.2, -0.15) is 25.3 Å². The van der Waals surface area contributed by atoms with Crippen molar-refractivity contribution >= 4 is 84.4 Å². The number of carboxylic acids is 1. The standard InChI is InChI=1S/C41H71N13O11S2/c1-19(2)12-26(49-34(57)24(43)16-66)37(60)48-25(10-8-9-11-42)35(58)50-27(13-23-15-45-18-46-23)36(59)47-22(7)33(56)53-32(21(5)6)40(63)54-31(20(3)4)39(62)51-28(14-30(44)55)38(61)52-29(17-67)41(64)65/h15,18-22,24-29,31-32,66-67H,8-14,16-17,42-43H2,1-7H3,(H2,44,55)(H,45,46)(H,47,59)(H,48,60)(H,49,57)(H,50,58)(H,51,62)(H,52,61)(H,53,56)(H,54,63)(H,64,65). The molecule has 1 aromatic rings. The molecule has 0 aliphatic heterocycles. The minimum absolute atomic E-state index is 0.0305. The summed E-state index contributed by atoms with van der Waals surface area (Å²) in [6, 6.07) is -11.5. The summed E-state index contributed by atoms with van der Waals surface area (Å²) < 4.78 is 0. The highest BCUT2D eigenvalue weighted by molar-refractivity contribution is 7.80. The summed E-state index contributed by atoms with van der Waals surface area (Å²) in [5, 5.41) is 29.5. The topological polar surface area (TPSA) is 394 Å². The molecule has 378 valence electrons. The van der Waals surface area contributed by atoms with E-state index in [1.165, 1.54) is 19.4 Å². The lowest BCUT2D eigenvalue weighted by atomic mass is 9.99. The zero-order chi connectivity index (χ0) is 51.1. The smallest absolute Gasteiger partial charge is 0.327 e. The number of nitrogens with one attached hydrogen (secondary N) is 9. The first-order valence-corrected chi connectivity index (χ1v) is 23.2. The SMILES string of the molecule is CC(C)CC(NC(=O)C(N)CS)C(=O)NC(CCCCN)C(=O)NC(Cc1cnc[nH]1)C(=O)NC(C)C(=O)NC(C(=O)NC(C(=O)NC(CC(N)=O)C(=O)NC(CS)C(=O)O)C(C)C)C(C)C. The molecule has 9 unspecified atom stereocenters. The van der Waals surface area contributed by atoms with Gasteiger partial charge in [0.05, 0.1) is 18.8 Å². The van der Waals surface area contributed by atoms with Crippen LogP contribution in [0.4, 0.5) is 0 Å². The second-order valence-corrected chi connectivity index (χ2v) is 17.9. The number of aromatic amines is 1. The van der Waals surface area contributed by atoms with Crippen molar-refractivity contribution in [2.24, 2.45) is 35.0 Å². The maximum absolute atomic E-state index is 14.0. The van der Waals surface area contributed by atoms with Gasteiger partial charge in [-0.1, -0.05) is 41.5 Å². The summed E-state index contributed by atoms with van der Waals surface area (Å²) in [5.74, 6) is -10.3. The number of carboxylic acid groups (broad SMARTS) is 1. The van der Waals surface area contributed by atoms with Crippen LogP contribution in [-0.2, 0) is 54.4 Å². The lowest BCUT2D eigenvalue weighted by molar-refractivity contribution is -0.142. The molecule has 67 heavy (non-hydrogen) atoms. The van der Waals surface area contributed by atoms with E-state index in [-0.39, 0.29) is 36.7 Å². The molecular formula is C41H71N13O11S2. The molecule has 9 atom stereocenters. The van der Waals surface area contributed by atoms with Crippen LogP contribution >= 0.6 is 25.3 Å². The lowest BCUT2D eigenvalue weighted by Crippen LogP contribution is -2.61. The molecule has 16 N–H and O–H groups in total. The van der Waals surface area contributed by atoms with Gasteiger partial charge in [-0.15, -0.1) is 0 Å². The molecule has 0 radical (unpaired) electrons. The Bertz CT molecular complexity index is 1840. The minimum Gasteiger partial charge on any atom is -0.480 e. The summed E-state index contributed by atoms with van der Waals surface area (Å²) in [4.78, 5) is 138. The minimum atomic E-state index is -1.61. The highest BCUT2D eigenvalue weighted by atomic mass is 32.1. The van der Waals surface area contributed by atoms with Gasteiger partial charge in [-0.3, -0.25) is 43.2 Å². The number of carbonyl (C=O) groups excluding carboxylic acids is 9. The van der Waals surface area contributed by atoms with Gasteiger partial charge < -0.3 is 69.8 Å². The highest BCUT2D eigenvalue weighted by Gasteiger charge is 2.36. The fourth-order valence-electron chi connectivity index (χ4n) is 6.30. The second kappa shape index (κ2) is 30.0. The zero-order valence-electron chi connectivity index (χ0n) is 39.1. The molecule has 0 saturated heterocycles. The van der Waals surface area contributed by atoms with Crippen LogP contribution in [0.1, 0.15) is 86.3 Å². The number of H-pyrrole nitrogens is 1. The van der Waals surface area contributed by atoms with Gasteiger partial charge in [0.2, 0.25) is 53.2 Å². The summed E-state index contributed by atoms with van der Waals surface area (Å²) >= 11 is 7.95. The van der Waals surface area contributed by atoms with Crippen molar-refractivity contribution in [1.29, 1.82) is 0 Å². The van der Waals surface area contributed by atoms with E-state index in [0.29, 0.717) is 25.1 Å². The predicted molar refractivity (Wildman–Crippen MR) is 253 cm³/mol.